The first-order valence-corrected chi connectivity index (χ1v) is 16.5. The summed E-state index contributed by atoms with van der Waals surface area (Å²) >= 11 is 0. The summed E-state index contributed by atoms with van der Waals surface area (Å²) in [5.41, 5.74) is 4.31. The van der Waals surface area contributed by atoms with Gasteiger partial charge < -0.3 is 24.6 Å². The number of hydrogen-bond donors (Lipinski definition) is 2. The van der Waals surface area contributed by atoms with Crippen molar-refractivity contribution in [2.24, 2.45) is 15.9 Å². The lowest BCUT2D eigenvalue weighted by molar-refractivity contribution is -0.126. The van der Waals surface area contributed by atoms with E-state index in [0.717, 1.165) is 39.3 Å². The molecule has 2 N–H and O–H groups in total. The summed E-state index contributed by atoms with van der Waals surface area (Å²) in [4.78, 5) is 23.9. The van der Waals surface area contributed by atoms with Crippen LogP contribution in [0.25, 0.3) is 0 Å². The summed E-state index contributed by atoms with van der Waals surface area (Å²) in [6.07, 6.45) is 15.4. The highest BCUT2D eigenvalue weighted by Gasteiger charge is 2.47. The Morgan fingerprint density at radius 1 is 0.918 bits per heavy atom. The number of carbonyl (C=O) groups is 1. The zero-order valence-corrected chi connectivity index (χ0v) is 27.7. The second-order valence-electron chi connectivity index (χ2n) is 12.5. The second-order valence-corrected chi connectivity index (χ2v) is 12.5. The largest absolute Gasteiger partial charge is 0.497 e. The van der Waals surface area contributed by atoms with Crippen LogP contribution in [0, 0.1) is 5.92 Å². The van der Waals surface area contributed by atoms with E-state index in [1.165, 1.54) is 0 Å². The maximum atomic E-state index is 14.2. The van der Waals surface area contributed by atoms with Gasteiger partial charge in [-0.05, 0) is 72.5 Å². The number of aliphatic hydroxyl groups is 1. The molecular formula is C41H39N3O5. The van der Waals surface area contributed by atoms with Crippen LogP contribution in [0.3, 0.4) is 0 Å². The summed E-state index contributed by atoms with van der Waals surface area (Å²) in [6.45, 7) is 1.68. The van der Waals surface area contributed by atoms with E-state index in [9.17, 15) is 9.90 Å². The van der Waals surface area contributed by atoms with E-state index in [-0.39, 0.29) is 12.5 Å². The molecule has 0 radical (unpaired) electrons. The van der Waals surface area contributed by atoms with Crippen molar-refractivity contribution in [3.05, 3.63) is 155 Å². The van der Waals surface area contributed by atoms with Crippen molar-refractivity contribution in [1.82, 2.24) is 5.32 Å². The van der Waals surface area contributed by atoms with Crippen LogP contribution in [0.4, 0.5) is 0 Å². The fourth-order valence-corrected chi connectivity index (χ4v) is 7.06. The van der Waals surface area contributed by atoms with E-state index in [1.54, 1.807) is 27.3 Å². The Bertz CT molecular complexity index is 1890. The van der Waals surface area contributed by atoms with Crippen LogP contribution in [0.15, 0.2) is 149 Å². The fraction of sp³-hybridized carbons (Fsp3) is 0.244. The molecule has 0 saturated carbocycles. The first-order valence-electron chi connectivity index (χ1n) is 16.5. The molecule has 0 aromatic heterocycles. The molecule has 3 aromatic carbocycles. The number of aliphatic hydroxyl groups excluding tert-OH is 1. The SMILES string of the molecule is COc1ccc(C(OCC(NC(=O)C2CC=CC3=C4C=CN=C5C=CC=CC54N=C32)C(C)O)(c2ccccc2)c2ccc(OC)cc2)cc1. The summed E-state index contributed by atoms with van der Waals surface area (Å²) < 4.78 is 18.0. The highest BCUT2D eigenvalue weighted by Crippen LogP contribution is 2.44. The van der Waals surface area contributed by atoms with Crippen molar-refractivity contribution in [2.45, 2.75) is 36.6 Å². The molecule has 4 unspecified atom stereocenters. The topological polar surface area (TPSA) is 102 Å². The van der Waals surface area contributed by atoms with E-state index >= 15 is 0 Å². The minimum absolute atomic E-state index is 0.0103. The number of allylic oxidation sites excluding steroid dienone is 5. The molecule has 3 aromatic rings. The smallest absolute Gasteiger partial charge is 0.229 e. The molecule has 1 amide bonds. The standard InChI is InChI=1S/C41H39N3O5/c1-27(45)36(43-39(46)34-13-9-12-33-35-23-25-42-37-14-7-8-24-40(35,37)44-38(33)34)26-49-41(28-10-5-4-6-11-28,29-15-19-31(47-2)20-16-29)30-17-21-32(48-3)22-18-30/h4-12,14-25,27,34,36,45H,13,26H2,1-3H3,(H,43,46). The Labute approximate surface area is 286 Å². The van der Waals surface area contributed by atoms with Crippen LogP contribution >= 0.6 is 0 Å². The predicted octanol–water partition coefficient (Wildman–Crippen LogP) is 6.04. The van der Waals surface area contributed by atoms with E-state index in [1.807, 2.05) is 115 Å². The summed E-state index contributed by atoms with van der Waals surface area (Å²) in [6, 6.07) is 24.7. The lowest BCUT2D eigenvalue weighted by Gasteiger charge is -2.38. The Kier molecular flexibility index (Phi) is 8.75. The van der Waals surface area contributed by atoms with Crippen molar-refractivity contribution in [3.8, 4) is 11.5 Å². The first-order chi connectivity index (χ1) is 23.9. The Morgan fingerprint density at radius 2 is 1.57 bits per heavy atom. The van der Waals surface area contributed by atoms with E-state index in [2.05, 4.69) is 16.4 Å². The van der Waals surface area contributed by atoms with Crippen LogP contribution in [-0.2, 0) is 15.1 Å². The average Bonchev–Trinajstić information content (AvgIpc) is 3.48. The van der Waals surface area contributed by atoms with Gasteiger partial charge in [-0.25, -0.2) is 0 Å². The van der Waals surface area contributed by atoms with Gasteiger partial charge in [0.25, 0.3) is 0 Å². The molecule has 8 heteroatoms. The Morgan fingerprint density at radius 3 is 2.20 bits per heavy atom. The molecule has 2 aliphatic carbocycles. The molecule has 1 spiro atoms. The second kappa shape index (κ2) is 13.3. The highest BCUT2D eigenvalue weighted by molar-refractivity contribution is 6.23. The van der Waals surface area contributed by atoms with Gasteiger partial charge in [0.05, 0.1) is 50.3 Å². The van der Waals surface area contributed by atoms with Crippen molar-refractivity contribution in [1.29, 1.82) is 0 Å². The van der Waals surface area contributed by atoms with Crippen molar-refractivity contribution >= 4 is 17.3 Å². The summed E-state index contributed by atoms with van der Waals surface area (Å²) in [5.74, 6) is 0.675. The summed E-state index contributed by atoms with van der Waals surface area (Å²) in [7, 11) is 3.27. The van der Waals surface area contributed by atoms with Gasteiger partial charge in [0.1, 0.15) is 22.6 Å². The molecule has 4 atom stereocenters. The molecule has 49 heavy (non-hydrogen) atoms. The minimum atomic E-state index is -1.10. The number of aliphatic imine (C=N–C) groups is 2. The maximum Gasteiger partial charge on any atom is 0.229 e. The highest BCUT2D eigenvalue weighted by atomic mass is 16.5. The number of rotatable bonds is 11. The predicted molar refractivity (Wildman–Crippen MR) is 191 cm³/mol. The molecular weight excluding hydrogens is 614 g/mol. The van der Waals surface area contributed by atoms with Gasteiger partial charge in [-0.3, -0.25) is 14.8 Å². The van der Waals surface area contributed by atoms with Crippen LogP contribution in [0.5, 0.6) is 11.5 Å². The fourth-order valence-electron chi connectivity index (χ4n) is 7.06. The Hall–Kier alpha value is -5.31. The van der Waals surface area contributed by atoms with E-state index in [4.69, 9.17) is 19.2 Å². The van der Waals surface area contributed by atoms with Crippen molar-refractivity contribution in [2.75, 3.05) is 20.8 Å². The maximum absolute atomic E-state index is 14.2. The monoisotopic (exact) mass is 653 g/mol. The molecule has 0 bridgehead atoms. The zero-order valence-electron chi connectivity index (χ0n) is 27.7. The van der Waals surface area contributed by atoms with Crippen LogP contribution in [-0.4, -0.2) is 60.9 Å². The van der Waals surface area contributed by atoms with Gasteiger partial charge in [-0.2, -0.15) is 0 Å². The van der Waals surface area contributed by atoms with Gasteiger partial charge in [-0.15, -0.1) is 0 Å². The third-order valence-electron chi connectivity index (χ3n) is 9.69. The third kappa shape index (κ3) is 5.67. The molecule has 0 saturated heterocycles. The zero-order chi connectivity index (χ0) is 34.0. The van der Waals surface area contributed by atoms with Gasteiger partial charge >= 0.3 is 0 Å². The lowest BCUT2D eigenvalue weighted by atomic mass is 9.79. The number of ether oxygens (including phenoxy) is 3. The van der Waals surface area contributed by atoms with Crippen molar-refractivity contribution in [3.63, 3.8) is 0 Å². The van der Waals surface area contributed by atoms with Crippen LogP contribution < -0.4 is 14.8 Å². The van der Waals surface area contributed by atoms with E-state index in [0.29, 0.717) is 17.9 Å². The quantitative estimate of drug-likeness (QED) is 0.246. The number of amides is 1. The molecule has 7 rings (SSSR count). The lowest BCUT2D eigenvalue weighted by Crippen LogP contribution is -2.50. The van der Waals surface area contributed by atoms with Gasteiger partial charge in [0.2, 0.25) is 5.91 Å². The summed E-state index contributed by atoms with van der Waals surface area (Å²) in [5, 5.41) is 14.2. The number of nitrogens with one attached hydrogen (secondary N) is 1. The number of benzene rings is 3. The van der Waals surface area contributed by atoms with Crippen LogP contribution in [0.1, 0.15) is 30.0 Å². The molecule has 248 valence electrons. The molecule has 4 aliphatic rings. The molecule has 8 nitrogen and oxygen atoms in total. The first kappa shape index (κ1) is 32.2. The van der Waals surface area contributed by atoms with Gasteiger partial charge in [0, 0.05) is 17.3 Å². The molecule has 0 fully saturated rings. The number of nitrogens with zero attached hydrogens (tertiary/aromatic N) is 2. The number of carbonyl (C=O) groups excluding carboxylic acids is 1. The normalized spacial score (nSPS) is 21.6. The Balaban J connectivity index is 1.22. The molecule has 2 heterocycles. The van der Waals surface area contributed by atoms with Crippen LogP contribution in [0.2, 0.25) is 0 Å². The number of fused-ring (bicyclic) bond motifs is 1. The molecule has 2 aliphatic heterocycles. The third-order valence-corrected chi connectivity index (χ3v) is 9.69. The number of methoxy groups -OCH3 is 2. The average molecular weight is 654 g/mol. The van der Waals surface area contributed by atoms with Gasteiger partial charge in [-0.1, -0.05) is 78.9 Å². The van der Waals surface area contributed by atoms with Gasteiger partial charge in [0.15, 0.2) is 0 Å². The van der Waals surface area contributed by atoms with Crippen molar-refractivity contribution < 1.29 is 24.1 Å². The number of hydrogen-bond acceptors (Lipinski definition) is 7. The van der Waals surface area contributed by atoms with E-state index < -0.39 is 29.2 Å². The minimum Gasteiger partial charge on any atom is -0.497 e.